The van der Waals surface area contributed by atoms with Crippen molar-refractivity contribution in [1.29, 1.82) is 0 Å². The molecule has 98 valence electrons. The number of rotatable bonds is 3. The van der Waals surface area contributed by atoms with E-state index in [1.54, 1.807) is 11.5 Å². The topological polar surface area (TPSA) is 87.8 Å². The summed E-state index contributed by atoms with van der Waals surface area (Å²) in [6, 6.07) is 0. The van der Waals surface area contributed by atoms with E-state index in [4.69, 9.17) is 5.73 Å². The van der Waals surface area contributed by atoms with E-state index in [0.717, 1.165) is 4.57 Å². The summed E-state index contributed by atoms with van der Waals surface area (Å²) in [4.78, 5) is 28.5. The van der Waals surface area contributed by atoms with Gasteiger partial charge in [-0.1, -0.05) is 0 Å². The summed E-state index contributed by atoms with van der Waals surface area (Å²) in [7, 11) is 1.48. The molecule has 0 saturated carbocycles. The first-order valence-corrected chi connectivity index (χ1v) is 5.89. The Morgan fingerprint density at radius 1 is 1.28 bits per heavy atom. The average Bonchev–Trinajstić information content (AvgIpc) is 2.65. The number of aryl methyl sites for hydroxylation is 2. The van der Waals surface area contributed by atoms with Gasteiger partial charge in [-0.15, -0.1) is 0 Å². The third-order valence-corrected chi connectivity index (χ3v) is 3.09. The minimum absolute atomic E-state index is 0.325. The summed E-state index contributed by atoms with van der Waals surface area (Å²) < 4.78 is 4.37. The van der Waals surface area contributed by atoms with Gasteiger partial charge in [0.1, 0.15) is 5.82 Å². The summed E-state index contributed by atoms with van der Waals surface area (Å²) in [5, 5.41) is 0. The quantitative estimate of drug-likeness (QED) is 0.772. The van der Waals surface area contributed by atoms with Crippen LogP contribution in [0.25, 0.3) is 11.2 Å². The maximum atomic E-state index is 12.2. The summed E-state index contributed by atoms with van der Waals surface area (Å²) in [5.74, 6) is 0.695. The summed E-state index contributed by atoms with van der Waals surface area (Å²) in [6.45, 7) is 5.06. The van der Waals surface area contributed by atoms with Gasteiger partial charge in [-0.05, 0) is 13.8 Å². The van der Waals surface area contributed by atoms with Crippen molar-refractivity contribution in [2.24, 2.45) is 12.8 Å². The molecule has 18 heavy (non-hydrogen) atoms. The molecule has 0 amide bonds. The van der Waals surface area contributed by atoms with Gasteiger partial charge >= 0.3 is 5.69 Å². The van der Waals surface area contributed by atoms with Crippen LogP contribution in [0.1, 0.15) is 12.7 Å². The lowest BCUT2D eigenvalue weighted by molar-refractivity contribution is 0.646. The number of aromatic nitrogens is 4. The highest BCUT2D eigenvalue weighted by molar-refractivity contribution is 5.71. The Morgan fingerprint density at radius 2 is 1.94 bits per heavy atom. The standard InChI is InChI=1S/C11H17N5O2/c1-4-15-9-8(10(17)14(3)11(15)18)16(6-5-12)7(2)13-9/h4-6,12H2,1-3H3. The molecule has 0 aliphatic heterocycles. The SMILES string of the molecule is CCn1c(=O)n(C)c(=O)c2c1nc(C)n2CCN. The second-order valence-electron chi connectivity index (χ2n) is 4.16. The van der Waals surface area contributed by atoms with Crippen LogP contribution in [-0.4, -0.2) is 25.2 Å². The lowest BCUT2D eigenvalue weighted by atomic mass is 10.4. The Kier molecular flexibility index (Phi) is 3.08. The van der Waals surface area contributed by atoms with Gasteiger partial charge in [-0.3, -0.25) is 13.9 Å². The highest BCUT2D eigenvalue weighted by Gasteiger charge is 2.17. The molecule has 2 aromatic heterocycles. The van der Waals surface area contributed by atoms with Gasteiger partial charge < -0.3 is 10.3 Å². The van der Waals surface area contributed by atoms with E-state index in [0.29, 0.717) is 36.6 Å². The first-order chi connectivity index (χ1) is 8.52. The minimum Gasteiger partial charge on any atom is -0.329 e. The molecule has 0 fully saturated rings. The highest BCUT2D eigenvalue weighted by atomic mass is 16.2. The molecule has 7 heteroatoms. The number of nitrogens with two attached hydrogens (primary N) is 1. The number of hydrogen-bond donors (Lipinski definition) is 1. The zero-order valence-electron chi connectivity index (χ0n) is 10.8. The molecule has 0 unspecified atom stereocenters. The van der Waals surface area contributed by atoms with Crippen molar-refractivity contribution < 1.29 is 0 Å². The molecule has 7 nitrogen and oxygen atoms in total. The Morgan fingerprint density at radius 3 is 2.50 bits per heavy atom. The monoisotopic (exact) mass is 251 g/mol. The predicted molar refractivity (Wildman–Crippen MR) is 68.7 cm³/mol. The maximum Gasteiger partial charge on any atom is 0.332 e. The van der Waals surface area contributed by atoms with Crippen LogP contribution >= 0.6 is 0 Å². The molecule has 2 heterocycles. The number of hydrogen-bond acceptors (Lipinski definition) is 4. The molecule has 0 aliphatic carbocycles. The van der Waals surface area contributed by atoms with Crippen molar-refractivity contribution in [3.05, 3.63) is 26.7 Å². The molecule has 0 aliphatic rings. The van der Waals surface area contributed by atoms with Crippen LogP contribution in [0, 0.1) is 6.92 Å². The van der Waals surface area contributed by atoms with E-state index >= 15 is 0 Å². The van der Waals surface area contributed by atoms with Gasteiger partial charge in [0.05, 0.1) is 0 Å². The van der Waals surface area contributed by atoms with Gasteiger partial charge in [-0.25, -0.2) is 9.78 Å². The smallest absolute Gasteiger partial charge is 0.329 e. The summed E-state index contributed by atoms with van der Waals surface area (Å²) in [5.41, 5.74) is 5.76. The molecule has 0 bridgehead atoms. The Bertz CT molecular complexity index is 707. The van der Waals surface area contributed by atoms with Crippen molar-refractivity contribution in [3.63, 3.8) is 0 Å². The molecule has 0 aromatic carbocycles. The van der Waals surface area contributed by atoms with Crippen molar-refractivity contribution in [2.75, 3.05) is 6.54 Å². The van der Waals surface area contributed by atoms with E-state index in [1.165, 1.54) is 11.6 Å². The van der Waals surface area contributed by atoms with E-state index in [-0.39, 0.29) is 11.2 Å². The Labute approximate surface area is 103 Å². The van der Waals surface area contributed by atoms with Crippen LogP contribution < -0.4 is 17.0 Å². The van der Waals surface area contributed by atoms with Crippen molar-refractivity contribution in [1.82, 2.24) is 18.7 Å². The fourth-order valence-corrected chi connectivity index (χ4v) is 2.15. The molecular formula is C11H17N5O2. The minimum atomic E-state index is -0.340. The van der Waals surface area contributed by atoms with Crippen LogP contribution in [0.4, 0.5) is 0 Å². The number of nitrogens with zero attached hydrogens (tertiary/aromatic N) is 4. The first kappa shape index (κ1) is 12.6. The fourth-order valence-electron chi connectivity index (χ4n) is 2.15. The van der Waals surface area contributed by atoms with E-state index in [2.05, 4.69) is 4.98 Å². The van der Waals surface area contributed by atoms with Crippen molar-refractivity contribution >= 4 is 11.2 Å². The third kappa shape index (κ3) is 1.59. The zero-order chi connectivity index (χ0) is 13.4. The number of imidazole rings is 1. The molecule has 2 rings (SSSR count). The van der Waals surface area contributed by atoms with E-state index in [9.17, 15) is 9.59 Å². The maximum absolute atomic E-state index is 12.2. The predicted octanol–water partition coefficient (Wildman–Crippen LogP) is -0.816. The first-order valence-electron chi connectivity index (χ1n) is 5.89. The molecular weight excluding hydrogens is 234 g/mol. The van der Waals surface area contributed by atoms with Gasteiger partial charge in [0.15, 0.2) is 11.2 Å². The van der Waals surface area contributed by atoms with Crippen molar-refractivity contribution in [2.45, 2.75) is 26.9 Å². The van der Waals surface area contributed by atoms with Crippen LogP contribution in [-0.2, 0) is 20.1 Å². The van der Waals surface area contributed by atoms with Gasteiger partial charge in [-0.2, -0.15) is 0 Å². The molecule has 0 saturated heterocycles. The van der Waals surface area contributed by atoms with Crippen LogP contribution in [0.2, 0.25) is 0 Å². The summed E-state index contributed by atoms with van der Waals surface area (Å²) in [6.07, 6.45) is 0. The van der Waals surface area contributed by atoms with Gasteiger partial charge in [0.2, 0.25) is 0 Å². The summed E-state index contributed by atoms with van der Waals surface area (Å²) >= 11 is 0. The average molecular weight is 251 g/mol. The zero-order valence-corrected chi connectivity index (χ0v) is 10.8. The van der Waals surface area contributed by atoms with Gasteiger partial charge in [0.25, 0.3) is 5.56 Å². The second-order valence-corrected chi connectivity index (χ2v) is 4.16. The van der Waals surface area contributed by atoms with Crippen LogP contribution in [0.5, 0.6) is 0 Å². The van der Waals surface area contributed by atoms with Crippen LogP contribution in [0.15, 0.2) is 9.59 Å². The lowest BCUT2D eigenvalue weighted by Gasteiger charge is -2.07. The molecule has 2 aromatic rings. The number of fused-ring (bicyclic) bond motifs is 1. The van der Waals surface area contributed by atoms with Crippen molar-refractivity contribution in [3.8, 4) is 0 Å². The molecule has 0 spiro atoms. The van der Waals surface area contributed by atoms with E-state index in [1.807, 2.05) is 6.92 Å². The normalized spacial score (nSPS) is 11.3. The lowest BCUT2D eigenvalue weighted by Crippen LogP contribution is -2.38. The Hall–Kier alpha value is -1.89. The van der Waals surface area contributed by atoms with Gasteiger partial charge in [0, 0.05) is 26.7 Å². The fraction of sp³-hybridized carbons (Fsp3) is 0.545. The second kappa shape index (κ2) is 4.41. The van der Waals surface area contributed by atoms with E-state index < -0.39 is 0 Å². The molecule has 0 radical (unpaired) electrons. The largest absolute Gasteiger partial charge is 0.332 e. The molecule has 0 atom stereocenters. The van der Waals surface area contributed by atoms with Crippen LogP contribution in [0.3, 0.4) is 0 Å². The third-order valence-electron chi connectivity index (χ3n) is 3.09. The highest BCUT2D eigenvalue weighted by Crippen LogP contribution is 2.10. The molecule has 2 N–H and O–H groups in total. The Balaban J connectivity index is 3.01.